The van der Waals surface area contributed by atoms with Gasteiger partial charge in [-0.2, -0.15) is 0 Å². The summed E-state index contributed by atoms with van der Waals surface area (Å²) in [5.74, 6) is 0.789. The molecule has 1 rings (SSSR count). The Morgan fingerprint density at radius 2 is 2.00 bits per heavy atom. The highest BCUT2D eigenvalue weighted by Gasteiger charge is 2.00. The van der Waals surface area contributed by atoms with Crippen LogP contribution in [-0.4, -0.2) is 29.2 Å². The van der Waals surface area contributed by atoms with Crippen LogP contribution in [0.5, 0.6) is 5.75 Å². The van der Waals surface area contributed by atoms with Gasteiger partial charge in [-0.05, 0) is 38.3 Å². The van der Waals surface area contributed by atoms with Crippen molar-refractivity contribution in [2.45, 2.75) is 32.6 Å². The van der Waals surface area contributed by atoms with Crippen LogP contribution in [0, 0.1) is 0 Å². The lowest BCUT2D eigenvalue weighted by molar-refractivity contribution is 0.273. The molecule has 4 heteroatoms. The van der Waals surface area contributed by atoms with Gasteiger partial charge in [-0.1, -0.05) is 23.7 Å². The van der Waals surface area contributed by atoms with Crippen LogP contribution in [0.25, 0.3) is 0 Å². The van der Waals surface area contributed by atoms with Gasteiger partial charge in [0.2, 0.25) is 0 Å². The summed E-state index contributed by atoms with van der Waals surface area (Å²) < 4.78 is 5.62. The SMILES string of the molecule is C/C(=N/O)c1cccc(OCCCCCCO)c1. The number of ether oxygens (including phenoxy) is 1. The van der Waals surface area contributed by atoms with Crippen molar-refractivity contribution in [2.75, 3.05) is 13.2 Å². The second-order valence-corrected chi connectivity index (χ2v) is 4.20. The van der Waals surface area contributed by atoms with E-state index in [0.29, 0.717) is 12.3 Å². The highest BCUT2D eigenvalue weighted by Crippen LogP contribution is 2.14. The van der Waals surface area contributed by atoms with Gasteiger partial charge in [0.25, 0.3) is 0 Å². The zero-order chi connectivity index (χ0) is 13.2. The first kappa shape index (κ1) is 14.5. The number of rotatable bonds is 8. The molecule has 0 aliphatic carbocycles. The van der Waals surface area contributed by atoms with Crippen LogP contribution >= 0.6 is 0 Å². The van der Waals surface area contributed by atoms with Crippen molar-refractivity contribution in [3.63, 3.8) is 0 Å². The number of aliphatic hydroxyl groups excluding tert-OH is 1. The molecule has 0 unspecified atom stereocenters. The molecule has 0 aromatic heterocycles. The molecule has 1 aromatic rings. The van der Waals surface area contributed by atoms with E-state index in [2.05, 4.69) is 5.16 Å². The van der Waals surface area contributed by atoms with E-state index in [1.165, 1.54) is 0 Å². The van der Waals surface area contributed by atoms with Crippen molar-refractivity contribution >= 4 is 5.71 Å². The molecular formula is C14H21NO3. The van der Waals surface area contributed by atoms with Crippen LogP contribution in [0.3, 0.4) is 0 Å². The van der Waals surface area contributed by atoms with Crippen LogP contribution in [0.15, 0.2) is 29.4 Å². The third-order valence-electron chi connectivity index (χ3n) is 2.72. The summed E-state index contributed by atoms with van der Waals surface area (Å²) >= 11 is 0. The third kappa shape index (κ3) is 5.19. The largest absolute Gasteiger partial charge is 0.494 e. The third-order valence-corrected chi connectivity index (χ3v) is 2.72. The molecule has 1 aromatic carbocycles. The average Bonchev–Trinajstić information content (AvgIpc) is 2.42. The molecule has 0 aliphatic rings. The minimum Gasteiger partial charge on any atom is -0.494 e. The van der Waals surface area contributed by atoms with Crippen molar-refractivity contribution in [3.8, 4) is 5.75 Å². The second-order valence-electron chi connectivity index (χ2n) is 4.20. The lowest BCUT2D eigenvalue weighted by Crippen LogP contribution is -2.00. The maximum absolute atomic E-state index is 8.70. The van der Waals surface area contributed by atoms with Crippen molar-refractivity contribution in [3.05, 3.63) is 29.8 Å². The maximum Gasteiger partial charge on any atom is 0.119 e. The van der Waals surface area contributed by atoms with Crippen molar-refractivity contribution in [1.29, 1.82) is 0 Å². The van der Waals surface area contributed by atoms with Gasteiger partial charge < -0.3 is 15.1 Å². The first-order valence-corrected chi connectivity index (χ1v) is 6.30. The van der Waals surface area contributed by atoms with E-state index >= 15 is 0 Å². The van der Waals surface area contributed by atoms with Crippen LogP contribution in [0.2, 0.25) is 0 Å². The van der Waals surface area contributed by atoms with E-state index in [1.54, 1.807) is 6.92 Å². The predicted octanol–water partition coefficient (Wildman–Crippen LogP) is 2.82. The van der Waals surface area contributed by atoms with E-state index in [4.69, 9.17) is 15.1 Å². The molecule has 0 fully saturated rings. The quantitative estimate of drug-likeness (QED) is 0.323. The number of unbranched alkanes of at least 4 members (excludes halogenated alkanes) is 3. The molecule has 0 amide bonds. The summed E-state index contributed by atoms with van der Waals surface area (Å²) in [5, 5.41) is 20.5. The van der Waals surface area contributed by atoms with E-state index in [0.717, 1.165) is 37.0 Å². The first-order valence-electron chi connectivity index (χ1n) is 6.30. The Hall–Kier alpha value is -1.55. The number of hydrogen-bond acceptors (Lipinski definition) is 4. The van der Waals surface area contributed by atoms with Crippen molar-refractivity contribution in [1.82, 2.24) is 0 Å². The molecule has 100 valence electrons. The number of hydrogen-bond donors (Lipinski definition) is 2. The van der Waals surface area contributed by atoms with Crippen LogP contribution < -0.4 is 4.74 Å². The smallest absolute Gasteiger partial charge is 0.119 e. The molecule has 18 heavy (non-hydrogen) atoms. The topological polar surface area (TPSA) is 62.1 Å². The van der Waals surface area contributed by atoms with E-state index in [1.807, 2.05) is 24.3 Å². The van der Waals surface area contributed by atoms with Gasteiger partial charge >= 0.3 is 0 Å². The summed E-state index contributed by atoms with van der Waals surface area (Å²) in [6.07, 6.45) is 3.95. The lowest BCUT2D eigenvalue weighted by atomic mass is 10.1. The Balaban J connectivity index is 2.34. The molecule has 0 saturated heterocycles. The summed E-state index contributed by atoms with van der Waals surface area (Å²) in [5.41, 5.74) is 1.43. The summed E-state index contributed by atoms with van der Waals surface area (Å²) in [6, 6.07) is 7.51. The van der Waals surface area contributed by atoms with Crippen LogP contribution in [-0.2, 0) is 0 Å². The fourth-order valence-corrected chi connectivity index (χ4v) is 1.63. The summed E-state index contributed by atoms with van der Waals surface area (Å²) in [6.45, 7) is 2.68. The molecule has 0 saturated carbocycles. The monoisotopic (exact) mass is 251 g/mol. The highest BCUT2D eigenvalue weighted by atomic mass is 16.5. The minimum atomic E-state index is 0.267. The Bertz CT molecular complexity index is 377. The van der Waals surface area contributed by atoms with Gasteiger partial charge in [-0.3, -0.25) is 0 Å². The van der Waals surface area contributed by atoms with Gasteiger partial charge in [0, 0.05) is 12.2 Å². The molecule has 0 radical (unpaired) electrons. The lowest BCUT2D eigenvalue weighted by Gasteiger charge is -2.07. The molecule has 4 nitrogen and oxygen atoms in total. The van der Waals surface area contributed by atoms with Gasteiger partial charge in [0.05, 0.1) is 12.3 Å². The molecule has 2 N–H and O–H groups in total. The Morgan fingerprint density at radius 1 is 1.22 bits per heavy atom. The Kier molecular flexibility index (Phi) is 6.87. The molecule has 0 bridgehead atoms. The summed E-state index contributed by atoms with van der Waals surface area (Å²) in [4.78, 5) is 0. The fraction of sp³-hybridized carbons (Fsp3) is 0.500. The zero-order valence-electron chi connectivity index (χ0n) is 10.8. The molecule has 0 aliphatic heterocycles. The normalized spacial score (nSPS) is 11.6. The number of oxime groups is 1. The van der Waals surface area contributed by atoms with Crippen molar-refractivity contribution in [2.24, 2.45) is 5.16 Å². The van der Waals surface area contributed by atoms with Crippen molar-refractivity contribution < 1.29 is 15.1 Å². The molecular weight excluding hydrogens is 230 g/mol. The second kappa shape index (κ2) is 8.53. The van der Waals surface area contributed by atoms with Gasteiger partial charge in [-0.15, -0.1) is 0 Å². The predicted molar refractivity (Wildman–Crippen MR) is 71.5 cm³/mol. The zero-order valence-corrected chi connectivity index (χ0v) is 10.8. The Morgan fingerprint density at radius 3 is 2.72 bits per heavy atom. The van der Waals surface area contributed by atoms with E-state index in [-0.39, 0.29) is 6.61 Å². The molecule has 0 spiro atoms. The number of nitrogens with zero attached hydrogens (tertiary/aromatic N) is 1. The van der Waals surface area contributed by atoms with Gasteiger partial charge in [0.1, 0.15) is 5.75 Å². The van der Waals surface area contributed by atoms with E-state index < -0.39 is 0 Å². The Labute approximate surface area is 108 Å². The average molecular weight is 251 g/mol. The highest BCUT2D eigenvalue weighted by molar-refractivity contribution is 5.98. The fourth-order valence-electron chi connectivity index (χ4n) is 1.63. The minimum absolute atomic E-state index is 0.267. The maximum atomic E-state index is 8.70. The summed E-state index contributed by atoms with van der Waals surface area (Å²) in [7, 11) is 0. The van der Waals surface area contributed by atoms with Crippen LogP contribution in [0.4, 0.5) is 0 Å². The standard InChI is InChI=1S/C14H21NO3/c1-12(15-17)13-7-6-8-14(11-13)18-10-5-3-2-4-9-16/h6-8,11,16-17H,2-5,9-10H2,1H3/b15-12-. The van der Waals surface area contributed by atoms with E-state index in [9.17, 15) is 0 Å². The first-order chi connectivity index (χ1) is 8.77. The van der Waals surface area contributed by atoms with Gasteiger partial charge in [-0.25, -0.2) is 0 Å². The molecule has 0 atom stereocenters. The number of benzene rings is 1. The number of aliphatic hydroxyl groups is 1. The molecule has 0 heterocycles. The van der Waals surface area contributed by atoms with Crippen LogP contribution in [0.1, 0.15) is 38.2 Å². The van der Waals surface area contributed by atoms with Gasteiger partial charge in [0.15, 0.2) is 0 Å².